The van der Waals surface area contributed by atoms with Crippen LogP contribution in [0, 0.1) is 5.92 Å². The van der Waals surface area contributed by atoms with Gasteiger partial charge < -0.3 is 48.5 Å². The molecular formula is C30H43N7O7. The fraction of sp³-hybridized carbons (Fsp3) is 0.433. The first-order chi connectivity index (χ1) is 20.8. The van der Waals surface area contributed by atoms with Crippen molar-refractivity contribution in [1.29, 1.82) is 0 Å². The van der Waals surface area contributed by atoms with E-state index in [-0.39, 0.29) is 55.6 Å². The standard InChI is InChI=1S/C30H43N7O7/c1-3-17(2)25(37-26(40)22(31)15-18-6-10-20(38)11-7-18)28(42)36-24(16-19-8-12-21(39)13-9-19)27(41)35-23(29(43)44)5-4-14-34-30(32)33/h6-13,17,22-25,38-39H,3-5,14-16,31H2,1-2H3,(H,35,41)(H,36,42)(H,37,40)(H,43,44)(H4,32,33,34). The number of benzene rings is 2. The number of hydrogen-bond acceptors (Lipinski definition) is 8. The smallest absolute Gasteiger partial charge is 0.326 e. The van der Waals surface area contributed by atoms with Crippen molar-refractivity contribution in [1.82, 2.24) is 16.0 Å². The Morgan fingerprint density at radius 3 is 1.82 bits per heavy atom. The lowest BCUT2D eigenvalue weighted by atomic mass is 9.96. The number of nitrogens with zero attached hydrogens (tertiary/aromatic N) is 1. The van der Waals surface area contributed by atoms with E-state index >= 15 is 0 Å². The van der Waals surface area contributed by atoms with Gasteiger partial charge in [-0.25, -0.2) is 4.79 Å². The Morgan fingerprint density at radius 1 is 0.795 bits per heavy atom. The molecule has 0 bridgehead atoms. The lowest BCUT2D eigenvalue weighted by Crippen LogP contribution is -2.59. The molecule has 12 N–H and O–H groups in total. The third-order valence-electron chi connectivity index (χ3n) is 7.09. The Hall–Kier alpha value is -4.85. The second kappa shape index (κ2) is 17.3. The third kappa shape index (κ3) is 11.8. The molecule has 240 valence electrons. The Morgan fingerprint density at radius 2 is 1.32 bits per heavy atom. The van der Waals surface area contributed by atoms with Gasteiger partial charge in [-0.05, 0) is 60.6 Å². The number of aliphatic imine (C=N–C) groups is 1. The third-order valence-corrected chi connectivity index (χ3v) is 7.09. The molecule has 2 aromatic carbocycles. The highest BCUT2D eigenvalue weighted by atomic mass is 16.4. The largest absolute Gasteiger partial charge is 0.508 e. The average Bonchev–Trinajstić information content (AvgIpc) is 2.98. The van der Waals surface area contributed by atoms with Crippen molar-refractivity contribution in [3.8, 4) is 11.5 Å². The fourth-order valence-corrected chi connectivity index (χ4v) is 4.31. The summed E-state index contributed by atoms with van der Waals surface area (Å²) in [6, 6.07) is 7.68. The molecule has 5 atom stereocenters. The molecule has 0 aromatic heterocycles. The maximum Gasteiger partial charge on any atom is 0.326 e. The maximum absolute atomic E-state index is 13.6. The van der Waals surface area contributed by atoms with Gasteiger partial charge in [0, 0.05) is 13.0 Å². The van der Waals surface area contributed by atoms with Gasteiger partial charge in [-0.3, -0.25) is 19.4 Å². The van der Waals surface area contributed by atoms with Gasteiger partial charge >= 0.3 is 5.97 Å². The molecule has 0 radical (unpaired) electrons. The van der Waals surface area contributed by atoms with E-state index < -0.39 is 47.9 Å². The number of phenolic OH excluding ortho intramolecular Hbond substituents is 2. The number of aliphatic carboxylic acids is 1. The summed E-state index contributed by atoms with van der Waals surface area (Å²) in [7, 11) is 0. The van der Waals surface area contributed by atoms with E-state index in [1.807, 2.05) is 6.92 Å². The second-order valence-electron chi connectivity index (χ2n) is 10.6. The summed E-state index contributed by atoms with van der Waals surface area (Å²) in [5.74, 6) is -3.65. The van der Waals surface area contributed by atoms with Crippen LogP contribution in [-0.2, 0) is 32.0 Å². The molecule has 2 aromatic rings. The van der Waals surface area contributed by atoms with Gasteiger partial charge in [-0.2, -0.15) is 0 Å². The zero-order valence-electron chi connectivity index (χ0n) is 24.9. The molecule has 14 heteroatoms. The first-order valence-electron chi connectivity index (χ1n) is 14.3. The summed E-state index contributed by atoms with van der Waals surface area (Å²) in [5.41, 5.74) is 18.0. The first-order valence-corrected chi connectivity index (χ1v) is 14.3. The SMILES string of the molecule is CCC(C)C(NC(=O)C(N)Cc1ccc(O)cc1)C(=O)NC(Cc1ccc(O)cc1)C(=O)NC(CCCN=C(N)N)C(=O)O. The summed E-state index contributed by atoms with van der Waals surface area (Å²) < 4.78 is 0. The summed E-state index contributed by atoms with van der Waals surface area (Å²) >= 11 is 0. The molecule has 0 saturated heterocycles. The molecule has 14 nitrogen and oxygen atoms in total. The molecule has 0 saturated carbocycles. The lowest BCUT2D eigenvalue weighted by molar-refractivity contribution is -0.142. The molecule has 0 fully saturated rings. The van der Waals surface area contributed by atoms with E-state index in [2.05, 4.69) is 20.9 Å². The van der Waals surface area contributed by atoms with Crippen LogP contribution in [0.3, 0.4) is 0 Å². The Labute approximate surface area is 256 Å². The summed E-state index contributed by atoms with van der Waals surface area (Å²) in [6.45, 7) is 3.77. The number of carboxylic acids is 1. The van der Waals surface area contributed by atoms with Crippen LogP contribution in [0.4, 0.5) is 0 Å². The zero-order valence-corrected chi connectivity index (χ0v) is 24.9. The highest BCUT2D eigenvalue weighted by molar-refractivity contribution is 5.94. The molecule has 0 aliphatic heterocycles. The van der Waals surface area contributed by atoms with Crippen molar-refractivity contribution >= 4 is 29.7 Å². The van der Waals surface area contributed by atoms with Crippen LogP contribution in [0.15, 0.2) is 53.5 Å². The van der Waals surface area contributed by atoms with Crippen molar-refractivity contribution in [2.75, 3.05) is 6.54 Å². The number of nitrogens with two attached hydrogens (primary N) is 3. The minimum atomic E-state index is -1.28. The van der Waals surface area contributed by atoms with E-state index in [9.17, 15) is 34.5 Å². The van der Waals surface area contributed by atoms with E-state index in [0.717, 1.165) is 0 Å². The van der Waals surface area contributed by atoms with Gasteiger partial charge in [-0.1, -0.05) is 44.5 Å². The summed E-state index contributed by atoms with van der Waals surface area (Å²) in [5, 5.41) is 36.7. The number of carboxylic acid groups (broad SMARTS) is 1. The topological polar surface area (TPSA) is 255 Å². The minimum absolute atomic E-state index is 0.00805. The van der Waals surface area contributed by atoms with Crippen LogP contribution < -0.4 is 33.2 Å². The Bertz CT molecular complexity index is 1280. The number of carbonyl (C=O) groups is 4. The van der Waals surface area contributed by atoms with Crippen LogP contribution in [0.1, 0.15) is 44.2 Å². The maximum atomic E-state index is 13.6. The van der Waals surface area contributed by atoms with E-state index in [4.69, 9.17) is 17.2 Å². The fourth-order valence-electron chi connectivity index (χ4n) is 4.31. The second-order valence-corrected chi connectivity index (χ2v) is 10.6. The number of phenols is 2. The van der Waals surface area contributed by atoms with Gasteiger partial charge in [-0.15, -0.1) is 0 Å². The number of hydrogen-bond donors (Lipinski definition) is 9. The number of amides is 3. The van der Waals surface area contributed by atoms with Crippen molar-refractivity contribution in [2.24, 2.45) is 28.1 Å². The van der Waals surface area contributed by atoms with Crippen molar-refractivity contribution < 1.29 is 34.5 Å². The number of carbonyl (C=O) groups excluding carboxylic acids is 3. The normalized spacial score (nSPS) is 14.2. The molecule has 3 amide bonds. The van der Waals surface area contributed by atoms with Crippen molar-refractivity contribution in [2.45, 2.75) is 70.1 Å². The molecule has 2 rings (SSSR count). The molecular weight excluding hydrogens is 570 g/mol. The van der Waals surface area contributed by atoms with E-state index in [0.29, 0.717) is 17.5 Å². The number of nitrogens with one attached hydrogen (secondary N) is 3. The summed E-state index contributed by atoms with van der Waals surface area (Å²) in [4.78, 5) is 55.7. The van der Waals surface area contributed by atoms with Crippen LogP contribution in [0.2, 0.25) is 0 Å². The van der Waals surface area contributed by atoms with Crippen LogP contribution >= 0.6 is 0 Å². The molecule has 44 heavy (non-hydrogen) atoms. The van der Waals surface area contributed by atoms with Crippen molar-refractivity contribution in [3.05, 3.63) is 59.7 Å². The number of aromatic hydroxyl groups is 2. The van der Waals surface area contributed by atoms with E-state index in [1.54, 1.807) is 31.2 Å². The Kier molecular flexibility index (Phi) is 13.9. The van der Waals surface area contributed by atoms with Gasteiger partial charge in [0.15, 0.2) is 5.96 Å². The minimum Gasteiger partial charge on any atom is -0.508 e. The van der Waals surface area contributed by atoms with Gasteiger partial charge in [0.25, 0.3) is 0 Å². The predicted molar refractivity (Wildman–Crippen MR) is 164 cm³/mol. The highest BCUT2D eigenvalue weighted by Gasteiger charge is 2.32. The molecule has 5 unspecified atom stereocenters. The van der Waals surface area contributed by atoms with E-state index in [1.165, 1.54) is 24.3 Å². The average molecular weight is 614 g/mol. The Balaban J connectivity index is 2.22. The predicted octanol–water partition coefficient (Wildman–Crippen LogP) is -0.151. The number of guanidine groups is 1. The van der Waals surface area contributed by atoms with Gasteiger partial charge in [0.05, 0.1) is 6.04 Å². The monoisotopic (exact) mass is 613 g/mol. The molecule has 0 aliphatic rings. The molecule has 0 heterocycles. The van der Waals surface area contributed by atoms with Gasteiger partial charge in [0.1, 0.15) is 29.6 Å². The highest BCUT2D eigenvalue weighted by Crippen LogP contribution is 2.15. The quantitative estimate of drug-likeness (QED) is 0.0647. The molecule has 0 aliphatic carbocycles. The zero-order chi connectivity index (χ0) is 32.8. The van der Waals surface area contributed by atoms with Crippen molar-refractivity contribution in [3.63, 3.8) is 0 Å². The number of rotatable bonds is 17. The van der Waals surface area contributed by atoms with Crippen LogP contribution in [0.5, 0.6) is 11.5 Å². The first kappa shape index (κ1) is 35.3. The van der Waals surface area contributed by atoms with Crippen LogP contribution in [0.25, 0.3) is 0 Å². The molecule has 0 spiro atoms. The summed E-state index contributed by atoms with van der Waals surface area (Å²) in [6.07, 6.45) is 0.947. The lowest BCUT2D eigenvalue weighted by Gasteiger charge is -2.28. The van der Waals surface area contributed by atoms with Gasteiger partial charge in [0.2, 0.25) is 17.7 Å². The van der Waals surface area contributed by atoms with Crippen LogP contribution in [-0.4, -0.2) is 75.7 Å².